The van der Waals surface area contributed by atoms with Gasteiger partial charge in [-0.25, -0.2) is 13.4 Å². The first-order valence-electron chi connectivity index (χ1n) is 12.5. The van der Waals surface area contributed by atoms with Gasteiger partial charge in [0.25, 0.3) is 0 Å². The minimum absolute atomic E-state index is 0.146. The average molecular weight is 547 g/mol. The zero-order chi connectivity index (χ0) is 26.6. The maximum absolute atomic E-state index is 14.1. The van der Waals surface area contributed by atoms with Gasteiger partial charge in [-0.05, 0) is 62.3 Å². The average Bonchev–Trinajstić information content (AvgIpc) is 3.59. The summed E-state index contributed by atoms with van der Waals surface area (Å²) in [7, 11) is -0.741. The number of fused-ring (bicyclic) bond motifs is 1. The third kappa shape index (κ3) is 5.59. The second-order valence-corrected chi connectivity index (χ2v) is 11.7. The second-order valence-electron chi connectivity index (χ2n) is 8.77. The van der Waals surface area contributed by atoms with Crippen LogP contribution in [0.5, 0.6) is 11.5 Å². The molecule has 1 atom stereocenters. The van der Waals surface area contributed by atoms with Crippen LogP contribution >= 0.6 is 11.3 Å². The van der Waals surface area contributed by atoms with Crippen LogP contribution in [0.3, 0.4) is 0 Å². The van der Waals surface area contributed by atoms with Crippen molar-refractivity contribution in [2.75, 3.05) is 51.8 Å². The van der Waals surface area contributed by atoms with Crippen LogP contribution < -0.4 is 14.4 Å². The molecule has 0 N–H and O–H groups in total. The lowest BCUT2D eigenvalue weighted by molar-refractivity contribution is -0.121. The Bertz CT molecular complexity index is 1320. The number of ether oxygens (including phenoxy) is 2. The SMILES string of the molecule is CCN(CC)CCN(C(=O)C1CCCN1S(=O)(=O)c1ccc(OC)cc1)c1nc2c(OC)cccc2s1. The molecule has 0 bridgehead atoms. The van der Waals surface area contributed by atoms with Gasteiger partial charge in [0.2, 0.25) is 15.9 Å². The quantitative estimate of drug-likeness (QED) is 0.361. The van der Waals surface area contributed by atoms with E-state index in [2.05, 4.69) is 18.7 Å². The summed E-state index contributed by atoms with van der Waals surface area (Å²) < 4.78 is 40.0. The smallest absolute Gasteiger partial charge is 0.247 e. The number of nitrogens with zero attached hydrogens (tertiary/aromatic N) is 4. The third-order valence-electron chi connectivity index (χ3n) is 6.78. The summed E-state index contributed by atoms with van der Waals surface area (Å²) in [6.07, 6.45) is 1.08. The van der Waals surface area contributed by atoms with Crippen molar-refractivity contribution in [3.8, 4) is 11.5 Å². The van der Waals surface area contributed by atoms with E-state index in [0.717, 1.165) is 17.8 Å². The van der Waals surface area contributed by atoms with E-state index < -0.39 is 16.1 Å². The van der Waals surface area contributed by atoms with Gasteiger partial charge in [-0.1, -0.05) is 31.3 Å². The molecule has 1 saturated heterocycles. The number of benzene rings is 2. The highest BCUT2D eigenvalue weighted by Crippen LogP contribution is 2.36. The highest BCUT2D eigenvalue weighted by Gasteiger charge is 2.42. The Morgan fingerprint density at radius 2 is 1.81 bits per heavy atom. The van der Waals surface area contributed by atoms with Gasteiger partial charge < -0.3 is 14.4 Å². The Morgan fingerprint density at radius 1 is 1.08 bits per heavy atom. The standard InChI is InChI=1S/C26H34N4O5S2/c1-5-28(6-2)17-18-29(26-27-24-22(35-4)10-7-11-23(24)36-26)25(31)21-9-8-16-30(21)37(32,33)20-14-12-19(34-3)13-15-20/h7,10-15,21H,5-6,8-9,16-18H2,1-4H3. The molecule has 200 valence electrons. The lowest BCUT2D eigenvalue weighted by atomic mass is 10.2. The topological polar surface area (TPSA) is 92.3 Å². The first-order valence-corrected chi connectivity index (χ1v) is 14.7. The Labute approximate surface area is 222 Å². The lowest BCUT2D eigenvalue weighted by Gasteiger charge is -2.30. The van der Waals surface area contributed by atoms with Gasteiger partial charge in [-0.3, -0.25) is 9.69 Å². The van der Waals surface area contributed by atoms with Crippen LogP contribution in [0.15, 0.2) is 47.4 Å². The molecule has 0 saturated carbocycles. The van der Waals surface area contributed by atoms with Crippen molar-refractivity contribution >= 4 is 42.6 Å². The molecule has 3 aromatic rings. The highest BCUT2D eigenvalue weighted by atomic mass is 32.2. The largest absolute Gasteiger partial charge is 0.497 e. The zero-order valence-electron chi connectivity index (χ0n) is 21.7. The van der Waals surface area contributed by atoms with Crippen LogP contribution in [0.2, 0.25) is 0 Å². The van der Waals surface area contributed by atoms with Gasteiger partial charge in [0.05, 0.1) is 23.8 Å². The van der Waals surface area contributed by atoms with Crippen LogP contribution in [-0.2, 0) is 14.8 Å². The molecule has 1 unspecified atom stereocenters. The predicted octanol–water partition coefficient (Wildman–Crippen LogP) is 3.84. The number of aromatic nitrogens is 1. The maximum atomic E-state index is 14.1. The third-order valence-corrected chi connectivity index (χ3v) is 9.74. The van der Waals surface area contributed by atoms with Crippen LogP contribution in [0, 0.1) is 0 Å². The van der Waals surface area contributed by atoms with Crippen molar-refractivity contribution in [1.82, 2.24) is 14.2 Å². The molecule has 1 aliphatic heterocycles. The van der Waals surface area contributed by atoms with E-state index in [1.54, 1.807) is 24.1 Å². The van der Waals surface area contributed by atoms with Gasteiger partial charge in [-0.15, -0.1) is 0 Å². The molecule has 37 heavy (non-hydrogen) atoms. The molecule has 1 aliphatic rings. The number of likely N-dealkylation sites (N-methyl/N-ethyl adjacent to an activating group) is 1. The van der Waals surface area contributed by atoms with Crippen molar-refractivity contribution < 1.29 is 22.7 Å². The summed E-state index contributed by atoms with van der Waals surface area (Å²) in [5, 5.41) is 0.547. The van der Waals surface area contributed by atoms with Crippen molar-refractivity contribution in [3.05, 3.63) is 42.5 Å². The van der Waals surface area contributed by atoms with Gasteiger partial charge in [0, 0.05) is 19.6 Å². The van der Waals surface area contributed by atoms with Gasteiger partial charge >= 0.3 is 0 Å². The number of methoxy groups -OCH3 is 2. The van der Waals surface area contributed by atoms with Crippen molar-refractivity contribution in [2.24, 2.45) is 0 Å². The first kappa shape index (κ1) is 27.3. The first-order chi connectivity index (χ1) is 17.8. The summed E-state index contributed by atoms with van der Waals surface area (Å²) in [5.74, 6) is 0.960. The monoisotopic (exact) mass is 546 g/mol. The molecule has 0 spiro atoms. The number of amides is 1. The van der Waals surface area contributed by atoms with Crippen LogP contribution in [0.25, 0.3) is 10.2 Å². The van der Waals surface area contributed by atoms with E-state index in [1.807, 2.05) is 18.2 Å². The number of hydrogen-bond donors (Lipinski definition) is 0. The molecule has 0 aliphatic carbocycles. The fourth-order valence-corrected chi connectivity index (χ4v) is 7.28. The fourth-order valence-electron chi connectivity index (χ4n) is 4.61. The van der Waals surface area contributed by atoms with E-state index in [9.17, 15) is 13.2 Å². The van der Waals surface area contributed by atoms with Crippen LogP contribution in [-0.4, -0.2) is 81.5 Å². The number of anilines is 1. The summed E-state index contributed by atoms with van der Waals surface area (Å²) >= 11 is 1.41. The van der Waals surface area contributed by atoms with E-state index in [4.69, 9.17) is 14.5 Å². The van der Waals surface area contributed by atoms with E-state index in [1.165, 1.54) is 34.9 Å². The zero-order valence-corrected chi connectivity index (χ0v) is 23.3. The number of carbonyl (C=O) groups excluding carboxylic acids is 1. The molecule has 1 fully saturated rings. The molecule has 2 aromatic carbocycles. The second kappa shape index (κ2) is 11.8. The maximum Gasteiger partial charge on any atom is 0.247 e. The fraction of sp³-hybridized carbons (Fsp3) is 0.462. The van der Waals surface area contributed by atoms with Crippen molar-refractivity contribution in [3.63, 3.8) is 0 Å². The van der Waals surface area contributed by atoms with E-state index >= 15 is 0 Å². The Balaban J connectivity index is 1.68. The Kier molecular flexibility index (Phi) is 8.68. The number of thiazole rings is 1. The summed E-state index contributed by atoms with van der Waals surface area (Å²) in [4.78, 5) is 22.9. The van der Waals surface area contributed by atoms with E-state index in [0.29, 0.717) is 54.6 Å². The molecular formula is C26H34N4O5S2. The summed E-state index contributed by atoms with van der Waals surface area (Å²) in [6, 6.07) is 11.2. The summed E-state index contributed by atoms with van der Waals surface area (Å²) in [5.41, 5.74) is 0.694. The molecule has 1 aromatic heterocycles. The Morgan fingerprint density at radius 3 is 2.46 bits per heavy atom. The number of para-hydroxylation sites is 1. The number of sulfonamides is 1. The molecule has 1 amide bonds. The summed E-state index contributed by atoms with van der Waals surface area (Å²) in [6.45, 7) is 7.24. The predicted molar refractivity (Wildman–Crippen MR) is 146 cm³/mol. The van der Waals surface area contributed by atoms with Crippen LogP contribution in [0.4, 0.5) is 5.13 Å². The van der Waals surface area contributed by atoms with Crippen LogP contribution in [0.1, 0.15) is 26.7 Å². The highest BCUT2D eigenvalue weighted by molar-refractivity contribution is 7.89. The lowest BCUT2D eigenvalue weighted by Crippen LogP contribution is -2.49. The number of rotatable bonds is 11. The number of hydrogen-bond acceptors (Lipinski definition) is 8. The molecular weight excluding hydrogens is 512 g/mol. The molecule has 9 nitrogen and oxygen atoms in total. The Hall–Kier alpha value is -2.73. The molecule has 4 rings (SSSR count). The minimum atomic E-state index is -3.87. The number of carbonyl (C=O) groups is 1. The van der Waals surface area contributed by atoms with E-state index in [-0.39, 0.29) is 10.8 Å². The van der Waals surface area contributed by atoms with Gasteiger partial charge in [0.1, 0.15) is 23.1 Å². The molecule has 11 heteroatoms. The van der Waals surface area contributed by atoms with Crippen molar-refractivity contribution in [1.29, 1.82) is 0 Å². The minimum Gasteiger partial charge on any atom is -0.497 e. The van der Waals surface area contributed by atoms with Gasteiger partial charge in [-0.2, -0.15) is 4.31 Å². The van der Waals surface area contributed by atoms with Gasteiger partial charge in [0.15, 0.2) is 5.13 Å². The van der Waals surface area contributed by atoms with Crippen molar-refractivity contribution in [2.45, 2.75) is 37.6 Å². The molecule has 0 radical (unpaired) electrons. The molecule has 2 heterocycles. The normalized spacial score (nSPS) is 16.4.